The number of rotatable bonds is 3. The summed E-state index contributed by atoms with van der Waals surface area (Å²) < 4.78 is 0. The number of hydrogen-bond acceptors (Lipinski definition) is 3. The predicted octanol–water partition coefficient (Wildman–Crippen LogP) is 0.608. The molecule has 1 fully saturated rings. The molecule has 0 saturated heterocycles. The third kappa shape index (κ3) is 1.43. The maximum atomic E-state index is 4.63. The molecule has 0 spiro atoms. The van der Waals surface area contributed by atoms with Crippen LogP contribution in [0.2, 0.25) is 0 Å². The van der Waals surface area contributed by atoms with Crippen LogP contribution in [-0.2, 0) is 9.88 Å². The zero-order valence-corrected chi connectivity index (χ0v) is 4.80. The fourth-order valence-corrected chi connectivity index (χ4v) is 0.795. The summed E-state index contributed by atoms with van der Waals surface area (Å²) in [4.78, 5) is 8.46. The van der Waals surface area contributed by atoms with Crippen LogP contribution in [0.4, 0.5) is 0 Å². The standard InChI is InChI=1S/C5H11NO2/c6-8-7-4-5-2-1-3-5/h5H,1-4,6H2. The third-order valence-corrected chi connectivity index (χ3v) is 1.60. The van der Waals surface area contributed by atoms with Gasteiger partial charge in [0.25, 0.3) is 0 Å². The summed E-state index contributed by atoms with van der Waals surface area (Å²) in [5.41, 5.74) is 0. The van der Waals surface area contributed by atoms with Crippen LogP contribution in [0.15, 0.2) is 0 Å². The topological polar surface area (TPSA) is 44.5 Å². The van der Waals surface area contributed by atoms with Gasteiger partial charge in [0.1, 0.15) is 0 Å². The van der Waals surface area contributed by atoms with Gasteiger partial charge in [0.2, 0.25) is 0 Å². The van der Waals surface area contributed by atoms with Crippen LogP contribution >= 0.6 is 0 Å². The van der Waals surface area contributed by atoms with E-state index in [4.69, 9.17) is 0 Å². The van der Waals surface area contributed by atoms with Gasteiger partial charge in [-0.2, -0.15) is 5.90 Å². The first-order valence-electron chi connectivity index (χ1n) is 2.92. The van der Waals surface area contributed by atoms with Crippen LogP contribution in [-0.4, -0.2) is 6.61 Å². The molecule has 0 bridgehead atoms. The second-order valence-corrected chi connectivity index (χ2v) is 2.18. The highest BCUT2D eigenvalue weighted by Crippen LogP contribution is 2.25. The van der Waals surface area contributed by atoms with Crippen LogP contribution in [0.25, 0.3) is 0 Å². The van der Waals surface area contributed by atoms with Crippen molar-refractivity contribution in [2.45, 2.75) is 19.3 Å². The van der Waals surface area contributed by atoms with Crippen molar-refractivity contribution in [3.63, 3.8) is 0 Å². The average molecular weight is 117 g/mol. The van der Waals surface area contributed by atoms with Crippen molar-refractivity contribution in [2.24, 2.45) is 11.8 Å². The molecular formula is C5H11NO2. The molecule has 1 rings (SSSR count). The van der Waals surface area contributed by atoms with Crippen LogP contribution < -0.4 is 5.90 Å². The van der Waals surface area contributed by atoms with Gasteiger partial charge in [-0.1, -0.05) is 6.42 Å². The second-order valence-electron chi connectivity index (χ2n) is 2.18. The molecule has 8 heavy (non-hydrogen) atoms. The van der Waals surface area contributed by atoms with Crippen molar-refractivity contribution >= 4 is 0 Å². The Morgan fingerprint density at radius 3 is 2.62 bits per heavy atom. The summed E-state index contributed by atoms with van der Waals surface area (Å²) >= 11 is 0. The Morgan fingerprint density at radius 2 is 2.25 bits per heavy atom. The summed E-state index contributed by atoms with van der Waals surface area (Å²) in [6.07, 6.45) is 3.87. The minimum atomic E-state index is 0.663. The van der Waals surface area contributed by atoms with Crippen molar-refractivity contribution in [1.29, 1.82) is 0 Å². The lowest BCUT2D eigenvalue weighted by Gasteiger charge is -2.23. The van der Waals surface area contributed by atoms with Crippen molar-refractivity contribution in [3.8, 4) is 0 Å². The molecule has 0 aromatic carbocycles. The van der Waals surface area contributed by atoms with Crippen LogP contribution in [0, 0.1) is 5.92 Å². The molecule has 3 nitrogen and oxygen atoms in total. The van der Waals surface area contributed by atoms with Gasteiger partial charge < -0.3 is 0 Å². The third-order valence-electron chi connectivity index (χ3n) is 1.60. The van der Waals surface area contributed by atoms with E-state index in [-0.39, 0.29) is 0 Å². The van der Waals surface area contributed by atoms with Crippen LogP contribution in [0.1, 0.15) is 19.3 Å². The monoisotopic (exact) mass is 117 g/mol. The van der Waals surface area contributed by atoms with Gasteiger partial charge in [0, 0.05) is 0 Å². The maximum absolute atomic E-state index is 4.63. The van der Waals surface area contributed by atoms with E-state index >= 15 is 0 Å². The Morgan fingerprint density at radius 1 is 1.50 bits per heavy atom. The smallest absolute Gasteiger partial charge is 0.0870 e. The molecular weight excluding hydrogens is 106 g/mol. The molecule has 0 unspecified atom stereocenters. The van der Waals surface area contributed by atoms with Gasteiger partial charge in [-0.3, -0.25) is 0 Å². The Balaban J connectivity index is 1.86. The van der Waals surface area contributed by atoms with Crippen molar-refractivity contribution in [1.82, 2.24) is 0 Å². The Hall–Kier alpha value is -0.120. The van der Waals surface area contributed by atoms with Gasteiger partial charge >= 0.3 is 0 Å². The molecule has 2 N–H and O–H groups in total. The molecule has 0 aromatic heterocycles. The largest absolute Gasteiger partial charge is 0.218 e. The van der Waals surface area contributed by atoms with Gasteiger partial charge in [0.05, 0.1) is 6.61 Å². The molecule has 0 heterocycles. The van der Waals surface area contributed by atoms with E-state index in [0.29, 0.717) is 12.5 Å². The molecule has 1 aliphatic rings. The quantitative estimate of drug-likeness (QED) is 0.435. The average Bonchev–Trinajstić information content (AvgIpc) is 1.63. The lowest BCUT2D eigenvalue weighted by Crippen LogP contribution is -2.18. The molecule has 1 aliphatic carbocycles. The summed E-state index contributed by atoms with van der Waals surface area (Å²) in [5.74, 6) is 5.34. The zero-order chi connectivity index (χ0) is 5.82. The molecule has 0 radical (unpaired) electrons. The molecule has 48 valence electrons. The first kappa shape index (κ1) is 6.01. The summed E-state index contributed by atoms with van der Waals surface area (Å²) in [6, 6.07) is 0. The van der Waals surface area contributed by atoms with Crippen molar-refractivity contribution in [3.05, 3.63) is 0 Å². The molecule has 0 atom stereocenters. The minimum Gasteiger partial charge on any atom is -0.218 e. The molecule has 0 aromatic rings. The summed E-state index contributed by atoms with van der Waals surface area (Å²) in [7, 11) is 0. The molecule has 1 saturated carbocycles. The lowest BCUT2D eigenvalue weighted by molar-refractivity contribution is -0.309. The SMILES string of the molecule is NOOCC1CCC1. The minimum absolute atomic E-state index is 0.663. The summed E-state index contributed by atoms with van der Waals surface area (Å²) in [5, 5.41) is 0. The van der Waals surface area contributed by atoms with E-state index in [1.807, 2.05) is 0 Å². The van der Waals surface area contributed by atoms with E-state index in [1.54, 1.807) is 0 Å². The first-order valence-corrected chi connectivity index (χ1v) is 2.92. The van der Waals surface area contributed by atoms with E-state index in [0.717, 1.165) is 0 Å². The van der Waals surface area contributed by atoms with E-state index < -0.39 is 0 Å². The Bertz CT molecular complexity index is 63.4. The van der Waals surface area contributed by atoms with Gasteiger partial charge in [0.15, 0.2) is 0 Å². The van der Waals surface area contributed by atoms with Gasteiger partial charge in [-0.25, -0.2) is 4.89 Å². The van der Waals surface area contributed by atoms with Crippen LogP contribution in [0.5, 0.6) is 0 Å². The number of nitrogens with two attached hydrogens (primary N) is 1. The molecule has 0 amide bonds. The normalized spacial score (nSPS) is 20.6. The van der Waals surface area contributed by atoms with Gasteiger partial charge in [-0.05, 0) is 18.8 Å². The van der Waals surface area contributed by atoms with E-state index in [9.17, 15) is 0 Å². The fraction of sp³-hybridized carbons (Fsp3) is 1.00. The van der Waals surface area contributed by atoms with Crippen LogP contribution in [0.3, 0.4) is 0 Å². The molecule has 3 heteroatoms. The second kappa shape index (κ2) is 3.02. The number of hydrogen-bond donors (Lipinski definition) is 1. The zero-order valence-electron chi connectivity index (χ0n) is 4.80. The first-order chi connectivity index (χ1) is 3.93. The molecule has 0 aliphatic heterocycles. The Kier molecular flexibility index (Phi) is 2.27. The lowest BCUT2D eigenvalue weighted by atomic mass is 9.86. The van der Waals surface area contributed by atoms with E-state index in [1.165, 1.54) is 19.3 Å². The summed E-state index contributed by atoms with van der Waals surface area (Å²) in [6.45, 7) is 0.663. The maximum Gasteiger partial charge on any atom is 0.0870 e. The van der Waals surface area contributed by atoms with Gasteiger partial charge in [-0.15, -0.1) is 4.99 Å². The van der Waals surface area contributed by atoms with E-state index in [2.05, 4.69) is 15.8 Å². The predicted molar refractivity (Wildman–Crippen MR) is 28.6 cm³/mol. The van der Waals surface area contributed by atoms with Crippen molar-refractivity contribution in [2.75, 3.05) is 6.61 Å². The van der Waals surface area contributed by atoms with Crippen molar-refractivity contribution < 1.29 is 9.88 Å². The fourth-order valence-electron chi connectivity index (χ4n) is 0.795. The highest BCUT2D eigenvalue weighted by Gasteiger charge is 2.17. The Labute approximate surface area is 48.6 Å². The highest BCUT2D eigenvalue weighted by atomic mass is 17.3. The highest BCUT2D eigenvalue weighted by molar-refractivity contribution is 4.67.